The number of phosphoric ester groups is 1. The third-order valence-electron chi connectivity index (χ3n) is 4.81. The molecule has 0 saturated carbocycles. The zero-order valence-electron chi connectivity index (χ0n) is 17.7. The van der Waals surface area contributed by atoms with Crippen LogP contribution in [0.4, 0.5) is 10.7 Å². The maximum atomic E-state index is 12.3. The zero-order chi connectivity index (χ0) is 25.4. The molecule has 20 heteroatoms. The molecule has 34 heavy (non-hydrogen) atoms. The van der Waals surface area contributed by atoms with Gasteiger partial charge >= 0.3 is 27.4 Å². The summed E-state index contributed by atoms with van der Waals surface area (Å²) >= 11 is 0. The minimum Gasteiger partial charge on any atom is -0.449 e. The van der Waals surface area contributed by atoms with Crippen LogP contribution in [0.1, 0.15) is 6.23 Å². The number of nitrogens with two attached hydrogens (primary N) is 1. The van der Waals surface area contributed by atoms with Crippen molar-refractivity contribution < 1.29 is 56.6 Å². The molecule has 1 aliphatic rings. The second-order valence-electron chi connectivity index (χ2n) is 7.16. The molecule has 0 aliphatic carbocycles. The SMILES string of the molecule is CNC(=O)OC[C@H]1[C@@H](O)[C@H]([n+]2cn(C)c3c(=O)[nH]c(N)nc32)O[C@@H]1COP(=O)(O)OP(=O)(O)O. The summed E-state index contributed by atoms with van der Waals surface area (Å²) in [5.41, 5.74) is 5.19. The molecule has 1 fully saturated rings. The molecule has 0 spiro atoms. The van der Waals surface area contributed by atoms with Crippen molar-refractivity contribution in [1.82, 2.24) is 19.9 Å². The average molecular weight is 529 g/mol. The second kappa shape index (κ2) is 9.69. The Bertz CT molecular complexity index is 1230. The monoisotopic (exact) mass is 529 g/mol. The summed E-state index contributed by atoms with van der Waals surface area (Å²) in [6, 6.07) is 0. The van der Waals surface area contributed by atoms with E-state index in [1.807, 2.05) is 0 Å². The first-order valence-corrected chi connectivity index (χ1v) is 12.4. The Morgan fingerprint density at radius 1 is 1.38 bits per heavy atom. The van der Waals surface area contributed by atoms with Crippen LogP contribution >= 0.6 is 15.6 Å². The van der Waals surface area contributed by atoms with Gasteiger partial charge in [0.25, 0.3) is 11.5 Å². The lowest BCUT2D eigenvalue weighted by molar-refractivity contribution is -0.745. The number of aromatic nitrogens is 4. The number of nitrogen functional groups attached to an aromatic ring is 1. The molecule has 1 aliphatic heterocycles. The molecular weight excluding hydrogens is 506 g/mol. The van der Waals surface area contributed by atoms with Crippen molar-refractivity contribution in [2.75, 3.05) is 26.0 Å². The number of nitrogens with one attached hydrogen (secondary N) is 2. The maximum Gasteiger partial charge on any atom is 0.481 e. The van der Waals surface area contributed by atoms with Crippen LogP contribution < -0.4 is 21.2 Å². The number of alkyl carbamates (subject to hydrolysis) is 1. The number of nitrogens with zero attached hydrogens (tertiary/aromatic N) is 3. The number of aliphatic hydroxyl groups is 1. The Hall–Kier alpha value is -2.40. The predicted octanol–water partition coefficient (Wildman–Crippen LogP) is -2.41. The minimum atomic E-state index is -5.37. The first-order chi connectivity index (χ1) is 15.7. The van der Waals surface area contributed by atoms with Crippen molar-refractivity contribution >= 4 is 38.9 Å². The van der Waals surface area contributed by atoms with Crippen LogP contribution in [0.3, 0.4) is 0 Å². The molecule has 18 nitrogen and oxygen atoms in total. The smallest absolute Gasteiger partial charge is 0.449 e. The highest BCUT2D eigenvalue weighted by Crippen LogP contribution is 2.57. The van der Waals surface area contributed by atoms with E-state index in [2.05, 4.69) is 24.1 Å². The van der Waals surface area contributed by atoms with Gasteiger partial charge in [0.2, 0.25) is 11.7 Å². The molecule has 0 aromatic carbocycles. The molecule has 1 saturated heterocycles. The average Bonchev–Trinajstić information content (AvgIpc) is 3.19. The Balaban J connectivity index is 1.91. The van der Waals surface area contributed by atoms with E-state index < -0.39 is 64.9 Å². The molecule has 190 valence electrons. The number of phosphoric acid groups is 2. The van der Waals surface area contributed by atoms with Crippen molar-refractivity contribution in [3.05, 3.63) is 16.7 Å². The lowest BCUT2D eigenvalue weighted by Crippen LogP contribution is -2.45. The van der Waals surface area contributed by atoms with E-state index in [-0.39, 0.29) is 17.1 Å². The van der Waals surface area contributed by atoms with Crippen LogP contribution in [0.5, 0.6) is 0 Å². The normalized spacial score (nSPS) is 24.8. The van der Waals surface area contributed by atoms with E-state index in [1.54, 1.807) is 0 Å². The van der Waals surface area contributed by atoms with Gasteiger partial charge in [0.15, 0.2) is 6.33 Å². The van der Waals surface area contributed by atoms with Crippen LogP contribution in [0, 0.1) is 5.92 Å². The summed E-state index contributed by atoms with van der Waals surface area (Å²) in [5, 5.41) is 13.1. The Morgan fingerprint density at radius 3 is 2.68 bits per heavy atom. The molecule has 2 aromatic rings. The summed E-state index contributed by atoms with van der Waals surface area (Å²) in [6.07, 6.45) is -3.39. The summed E-state index contributed by atoms with van der Waals surface area (Å²) in [7, 11) is -7.76. The fraction of sp³-hybridized carbons (Fsp3) is 0.571. The van der Waals surface area contributed by atoms with Gasteiger partial charge in [-0.2, -0.15) is 4.31 Å². The van der Waals surface area contributed by atoms with Gasteiger partial charge < -0.3 is 40.3 Å². The van der Waals surface area contributed by atoms with E-state index in [9.17, 15) is 28.7 Å². The predicted molar refractivity (Wildman–Crippen MR) is 109 cm³/mol. The Morgan fingerprint density at radius 2 is 2.06 bits per heavy atom. The first kappa shape index (κ1) is 26.2. The van der Waals surface area contributed by atoms with Gasteiger partial charge in [-0.1, -0.05) is 4.98 Å². The number of H-pyrrole nitrogens is 1. The largest absolute Gasteiger partial charge is 0.481 e. The van der Waals surface area contributed by atoms with Crippen LogP contribution in [-0.2, 0) is 34.5 Å². The van der Waals surface area contributed by atoms with E-state index >= 15 is 0 Å². The number of aryl methyl sites for hydroxylation is 1. The Kier molecular flexibility index (Phi) is 7.47. The van der Waals surface area contributed by atoms with Crippen LogP contribution in [0.2, 0.25) is 0 Å². The first-order valence-electron chi connectivity index (χ1n) is 9.40. The van der Waals surface area contributed by atoms with Crippen LogP contribution in [-0.4, -0.2) is 72.9 Å². The number of carbonyl (C=O) groups excluding carboxylic acids is 1. The number of carbonyl (C=O) groups is 1. The number of imidazole rings is 1. The highest BCUT2D eigenvalue weighted by molar-refractivity contribution is 7.60. The number of amides is 1. The van der Waals surface area contributed by atoms with Gasteiger partial charge in [0.1, 0.15) is 12.7 Å². The van der Waals surface area contributed by atoms with Gasteiger partial charge in [0.05, 0.1) is 25.7 Å². The lowest BCUT2D eigenvalue weighted by atomic mass is 9.99. The van der Waals surface area contributed by atoms with Crippen LogP contribution in [0.25, 0.3) is 11.2 Å². The molecule has 0 radical (unpaired) electrons. The lowest BCUT2D eigenvalue weighted by Gasteiger charge is -2.20. The van der Waals surface area contributed by atoms with E-state index in [0.29, 0.717) is 0 Å². The molecule has 1 amide bonds. The quantitative estimate of drug-likeness (QED) is 0.139. The fourth-order valence-electron chi connectivity index (χ4n) is 3.42. The molecule has 3 heterocycles. The summed E-state index contributed by atoms with van der Waals surface area (Å²) in [4.78, 5) is 57.2. The number of anilines is 1. The van der Waals surface area contributed by atoms with Gasteiger partial charge in [-0.25, -0.2) is 18.5 Å². The number of ether oxygens (including phenoxy) is 2. The molecular formula is C14H23N6O12P2+. The molecule has 3 rings (SSSR count). The summed E-state index contributed by atoms with van der Waals surface area (Å²) < 4.78 is 44.4. The molecule has 8 N–H and O–H groups in total. The second-order valence-corrected chi connectivity index (χ2v) is 9.99. The third-order valence-corrected chi connectivity index (χ3v) is 6.96. The number of aliphatic hydroxyl groups excluding tert-OH is 1. The Labute approximate surface area is 190 Å². The van der Waals surface area contributed by atoms with E-state index in [4.69, 9.17) is 25.0 Å². The van der Waals surface area contributed by atoms with Crippen molar-refractivity contribution in [2.45, 2.75) is 18.4 Å². The number of hydrogen-bond acceptors (Lipinski definition) is 11. The van der Waals surface area contributed by atoms with Gasteiger partial charge in [-0.3, -0.25) is 18.9 Å². The maximum absolute atomic E-state index is 12.3. The summed E-state index contributed by atoms with van der Waals surface area (Å²) in [6.45, 7) is -1.24. The number of rotatable bonds is 8. The molecule has 2 aromatic heterocycles. The highest BCUT2D eigenvalue weighted by Gasteiger charge is 2.49. The van der Waals surface area contributed by atoms with E-state index in [0.717, 1.165) is 0 Å². The van der Waals surface area contributed by atoms with Gasteiger partial charge in [-0.05, 0) is 0 Å². The number of aromatic amines is 1. The number of hydrogen-bond donors (Lipinski definition) is 7. The van der Waals surface area contributed by atoms with Crippen molar-refractivity contribution in [1.29, 1.82) is 0 Å². The summed E-state index contributed by atoms with van der Waals surface area (Å²) in [5.74, 6) is -1.26. The van der Waals surface area contributed by atoms with Crippen molar-refractivity contribution in [2.24, 2.45) is 13.0 Å². The van der Waals surface area contributed by atoms with Gasteiger partial charge in [-0.15, -0.1) is 0 Å². The van der Waals surface area contributed by atoms with E-state index in [1.165, 1.54) is 29.6 Å². The molecule has 1 unspecified atom stereocenters. The zero-order valence-corrected chi connectivity index (χ0v) is 19.5. The number of fused-ring (bicyclic) bond motifs is 1. The van der Waals surface area contributed by atoms with Gasteiger partial charge in [0, 0.05) is 7.05 Å². The molecule has 0 bridgehead atoms. The van der Waals surface area contributed by atoms with Crippen LogP contribution in [0.15, 0.2) is 11.1 Å². The topological polar surface area (TPSA) is 262 Å². The van der Waals surface area contributed by atoms with Crippen molar-refractivity contribution in [3.63, 3.8) is 0 Å². The van der Waals surface area contributed by atoms with Crippen molar-refractivity contribution in [3.8, 4) is 0 Å². The highest BCUT2D eigenvalue weighted by atomic mass is 31.3. The minimum absolute atomic E-state index is 0.0398. The fourth-order valence-corrected chi connectivity index (χ4v) is 5.01. The standard InChI is InChI=1S/C14H22N6O12P2/c1-16-14(23)29-3-6-7(4-30-34(27,28)32-33(24,25)26)31-12(9(6)21)20-5-19(2)8-10(20)17-13(15)18-11(8)22/h5-7,9,12,21H,3-4H2,1-2H3,(H6-,15,16,17,18,22,23,24,25,26,27,28)/p+1/t6-,7-,9-,12-/m1/s1. The molecule has 5 atom stereocenters. The third kappa shape index (κ3) is 5.80.